The normalized spacial score (nSPS) is 17.0. The molecule has 2 amide bonds. The van der Waals surface area contributed by atoms with Crippen LogP contribution in [0.1, 0.15) is 47.0 Å². The topological polar surface area (TPSA) is 83.9 Å². The number of hydrogen-bond acceptors (Lipinski definition) is 5. The average molecular weight is 271 g/mol. The zero-order valence-corrected chi connectivity index (χ0v) is 11.9. The summed E-state index contributed by atoms with van der Waals surface area (Å²) in [7, 11) is 0. The highest BCUT2D eigenvalue weighted by atomic mass is 16.7. The molecule has 0 aliphatic carbocycles. The number of aliphatic hydroxyl groups excluding tert-OH is 1. The van der Waals surface area contributed by atoms with Gasteiger partial charge in [0.05, 0.1) is 5.41 Å². The van der Waals surface area contributed by atoms with Crippen LogP contribution in [-0.4, -0.2) is 34.6 Å². The number of hydrogen-bond donors (Lipinski definition) is 1. The summed E-state index contributed by atoms with van der Waals surface area (Å²) in [5, 5.41) is 9.60. The molecule has 0 spiro atoms. The lowest BCUT2D eigenvalue weighted by Gasteiger charge is -2.39. The minimum atomic E-state index is -0.932. The van der Waals surface area contributed by atoms with E-state index in [1.54, 1.807) is 13.8 Å². The van der Waals surface area contributed by atoms with Gasteiger partial charge in [-0.1, -0.05) is 13.8 Å². The van der Waals surface area contributed by atoms with Crippen LogP contribution in [0, 0.1) is 10.8 Å². The van der Waals surface area contributed by atoms with E-state index in [0.29, 0.717) is 11.5 Å². The van der Waals surface area contributed by atoms with Crippen molar-refractivity contribution in [3.8, 4) is 0 Å². The fourth-order valence-electron chi connectivity index (χ4n) is 1.72. The fourth-order valence-corrected chi connectivity index (χ4v) is 1.72. The van der Waals surface area contributed by atoms with Gasteiger partial charge in [-0.25, -0.2) is 4.79 Å². The van der Waals surface area contributed by atoms with E-state index in [2.05, 4.69) is 0 Å². The van der Waals surface area contributed by atoms with Crippen molar-refractivity contribution in [3.05, 3.63) is 0 Å². The fraction of sp³-hybridized carbons (Fsp3) is 0.769. The van der Waals surface area contributed by atoms with Crippen LogP contribution in [0.4, 0.5) is 0 Å². The number of imide groups is 1. The van der Waals surface area contributed by atoms with Crippen molar-refractivity contribution in [2.24, 2.45) is 10.8 Å². The average Bonchev–Trinajstić information content (AvgIpc) is 2.60. The summed E-state index contributed by atoms with van der Waals surface area (Å²) < 4.78 is 0. The van der Waals surface area contributed by atoms with Crippen LogP contribution in [0.5, 0.6) is 0 Å². The van der Waals surface area contributed by atoms with Gasteiger partial charge in [-0.2, -0.15) is 0 Å². The van der Waals surface area contributed by atoms with Crippen molar-refractivity contribution in [1.29, 1.82) is 0 Å². The molecule has 6 nitrogen and oxygen atoms in total. The Morgan fingerprint density at radius 3 is 2.11 bits per heavy atom. The van der Waals surface area contributed by atoms with Crippen molar-refractivity contribution in [1.82, 2.24) is 5.06 Å². The highest BCUT2D eigenvalue weighted by Crippen LogP contribution is 2.42. The van der Waals surface area contributed by atoms with Gasteiger partial charge in [-0.15, -0.1) is 5.06 Å². The zero-order chi connectivity index (χ0) is 14.8. The van der Waals surface area contributed by atoms with Gasteiger partial charge >= 0.3 is 5.97 Å². The molecule has 0 bridgehead atoms. The number of carbonyl (C=O) groups is 3. The smallest absolute Gasteiger partial charge is 0.339 e. The molecule has 1 fully saturated rings. The van der Waals surface area contributed by atoms with Crippen LogP contribution in [0.2, 0.25) is 0 Å². The second-order valence-electron chi connectivity index (χ2n) is 5.94. The second-order valence-corrected chi connectivity index (χ2v) is 5.94. The van der Waals surface area contributed by atoms with Gasteiger partial charge in [-0.3, -0.25) is 9.59 Å². The Kier molecular flexibility index (Phi) is 4.35. The first-order valence-corrected chi connectivity index (χ1v) is 6.32. The zero-order valence-electron chi connectivity index (χ0n) is 11.9. The Morgan fingerprint density at radius 2 is 1.68 bits per heavy atom. The summed E-state index contributed by atoms with van der Waals surface area (Å²) in [4.78, 5) is 40.0. The van der Waals surface area contributed by atoms with Crippen molar-refractivity contribution < 1.29 is 24.3 Å². The van der Waals surface area contributed by atoms with Gasteiger partial charge in [0.25, 0.3) is 11.8 Å². The Bertz CT molecular complexity index is 384. The summed E-state index contributed by atoms with van der Waals surface area (Å²) in [5.74, 6) is -1.63. The third kappa shape index (κ3) is 2.94. The van der Waals surface area contributed by atoms with Crippen LogP contribution >= 0.6 is 0 Å². The Morgan fingerprint density at radius 1 is 1.21 bits per heavy atom. The molecule has 1 N–H and O–H groups in total. The first-order chi connectivity index (χ1) is 8.63. The molecule has 1 aliphatic heterocycles. The van der Waals surface area contributed by atoms with Gasteiger partial charge in [0.2, 0.25) is 0 Å². The van der Waals surface area contributed by atoms with E-state index in [0.717, 1.165) is 0 Å². The van der Waals surface area contributed by atoms with E-state index in [4.69, 9.17) is 9.94 Å². The van der Waals surface area contributed by atoms with E-state index in [9.17, 15) is 14.4 Å². The molecule has 0 aromatic rings. The van der Waals surface area contributed by atoms with Gasteiger partial charge in [-0.05, 0) is 25.7 Å². The first kappa shape index (κ1) is 15.6. The Labute approximate surface area is 112 Å². The highest BCUT2D eigenvalue weighted by Gasteiger charge is 2.46. The van der Waals surface area contributed by atoms with Gasteiger partial charge < -0.3 is 9.94 Å². The minimum absolute atomic E-state index is 0.0503. The molecule has 1 heterocycles. The predicted molar refractivity (Wildman–Crippen MR) is 66.4 cm³/mol. The van der Waals surface area contributed by atoms with Crippen molar-refractivity contribution >= 4 is 17.8 Å². The Balaban J connectivity index is 2.82. The lowest BCUT2D eigenvalue weighted by atomic mass is 9.66. The molecular weight excluding hydrogens is 250 g/mol. The molecule has 1 rings (SSSR count). The molecule has 0 radical (unpaired) electrons. The van der Waals surface area contributed by atoms with E-state index >= 15 is 0 Å². The highest BCUT2D eigenvalue weighted by molar-refractivity contribution is 6.01. The Hall–Kier alpha value is -1.43. The summed E-state index contributed by atoms with van der Waals surface area (Å²) in [5.41, 5.74) is -1.45. The van der Waals surface area contributed by atoms with Crippen LogP contribution in [-0.2, 0) is 19.2 Å². The van der Waals surface area contributed by atoms with Gasteiger partial charge in [0, 0.05) is 19.4 Å². The van der Waals surface area contributed by atoms with Gasteiger partial charge in [0.1, 0.15) is 0 Å². The van der Waals surface area contributed by atoms with Crippen molar-refractivity contribution in [2.45, 2.75) is 47.0 Å². The summed E-state index contributed by atoms with van der Waals surface area (Å²) in [6.07, 6.45) is 0.566. The lowest BCUT2D eigenvalue weighted by Crippen LogP contribution is -2.45. The first-order valence-electron chi connectivity index (χ1n) is 6.32. The lowest BCUT2D eigenvalue weighted by molar-refractivity contribution is -0.208. The van der Waals surface area contributed by atoms with E-state index in [1.807, 2.05) is 13.8 Å². The molecule has 1 saturated heterocycles. The molecule has 108 valence electrons. The van der Waals surface area contributed by atoms with Crippen molar-refractivity contribution in [3.63, 3.8) is 0 Å². The quantitative estimate of drug-likeness (QED) is 0.755. The monoisotopic (exact) mass is 271 g/mol. The number of rotatable bonds is 5. The SMILES string of the molecule is CC(C)(CCO)C(C)(C)C(=O)ON1C(=O)CCC1=O. The third-order valence-corrected chi connectivity index (χ3v) is 4.12. The van der Waals surface area contributed by atoms with Crippen LogP contribution in [0.25, 0.3) is 0 Å². The molecule has 0 aromatic carbocycles. The molecule has 6 heteroatoms. The van der Waals surface area contributed by atoms with Crippen LogP contribution in [0.3, 0.4) is 0 Å². The van der Waals surface area contributed by atoms with E-state index in [1.165, 1.54) is 0 Å². The number of hydroxylamine groups is 2. The maximum absolute atomic E-state index is 12.2. The number of aliphatic hydroxyl groups is 1. The molecule has 1 aliphatic rings. The molecule has 0 unspecified atom stereocenters. The number of carbonyl (C=O) groups excluding carboxylic acids is 3. The second kappa shape index (κ2) is 5.28. The minimum Gasteiger partial charge on any atom is -0.396 e. The standard InChI is InChI=1S/C13H21NO5/c1-12(2,7-8-15)13(3,4)11(18)19-14-9(16)5-6-10(14)17/h15H,5-8H2,1-4H3. The van der Waals surface area contributed by atoms with Crippen LogP contribution in [0.15, 0.2) is 0 Å². The molecule has 0 saturated carbocycles. The third-order valence-electron chi connectivity index (χ3n) is 4.12. The summed E-state index contributed by atoms with van der Waals surface area (Å²) in [6, 6.07) is 0. The van der Waals surface area contributed by atoms with Gasteiger partial charge in [0.15, 0.2) is 0 Å². The van der Waals surface area contributed by atoms with E-state index in [-0.39, 0.29) is 19.4 Å². The molecule has 19 heavy (non-hydrogen) atoms. The summed E-state index contributed by atoms with van der Waals surface area (Å²) in [6.45, 7) is 6.97. The maximum atomic E-state index is 12.2. The number of amides is 2. The molecule has 0 atom stereocenters. The molecule has 0 aromatic heterocycles. The largest absolute Gasteiger partial charge is 0.396 e. The van der Waals surface area contributed by atoms with Crippen molar-refractivity contribution in [2.75, 3.05) is 6.61 Å². The summed E-state index contributed by atoms with van der Waals surface area (Å²) >= 11 is 0. The molecular formula is C13H21NO5. The number of nitrogens with zero attached hydrogens (tertiary/aromatic N) is 1. The predicted octanol–water partition coefficient (Wildman–Crippen LogP) is 1.03. The van der Waals surface area contributed by atoms with E-state index < -0.39 is 28.6 Å². The van der Waals surface area contributed by atoms with Crippen LogP contribution < -0.4 is 0 Å². The maximum Gasteiger partial charge on any atom is 0.339 e.